The van der Waals surface area contributed by atoms with Gasteiger partial charge in [0.1, 0.15) is 5.82 Å². The summed E-state index contributed by atoms with van der Waals surface area (Å²) >= 11 is 4.19. The maximum atomic E-state index is 13.7. The van der Waals surface area contributed by atoms with Crippen molar-refractivity contribution < 1.29 is 14.0 Å². The summed E-state index contributed by atoms with van der Waals surface area (Å²) in [7, 11) is 0. The van der Waals surface area contributed by atoms with Crippen molar-refractivity contribution in [2.75, 3.05) is 5.75 Å². The van der Waals surface area contributed by atoms with Gasteiger partial charge in [0, 0.05) is 12.1 Å². The van der Waals surface area contributed by atoms with Crippen molar-refractivity contribution in [3.63, 3.8) is 0 Å². The van der Waals surface area contributed by atoms with E-state index in [1.807, 2.05) is 64.7 Å². The minimum Gasteiger partial charge on any atom is -0.344 e. The van der Waals surface area contributed by atoms with Gasteiger partial charge < -0.3 is 5.32 Å². The second-order valence-electron chi connectivity index (χ2n) is 9.56. The summed E-state index contributed by atoms with van der Waals surface area (Å²) in [6, 6.07) is 21.3. The lowest BCUT2D eigenvalue weighted by Gasteiger charge is -2.22. The van der Waals surface area contributed by atoms with E-state index < -0.39 is 0 Å². The van der Waals surface area contributed by atoms with Crippen LogP contribution >= 0.6 is 34.4 Å². The molecule has 1 atom stereocenters. The highest BCUT2D eigenvalue weighted by atomic mass is 32.2. The predicted molar refractivity (Wildman–Crippen MR) is 164 cm³/mol. The molecule has 4 heterocycles. The standard InChI is InChI=1S/C30H25FN6O2S3/c1-19-5-2-6-22(15-19)36-27(17-32-29(39)26-8-4-14-41-26)33-34-30(36)42-18-28(38)37-24(20-9-11-21(31)12-10-20)16-23(35-37)25-7-3-13-40-25/h2-15,24H,16-18H2,1H3,(H,32,39). The summed E-state index contributed by atoms with van der Waals surface area (Å²) < 4.78 is 15.5. The van der Waals surface area contributed by atoms with Gasteiger partial charge in [-0.2, -0.15) is 5.10 Å². The van der Waals surface area contributed by atoms with Crippen molar-refractivity contribution in [3.05, 3.63) is 116 Å². The quantitative estimate of drug-likeness (QED) is 0.198. The largest absolute Gasteiger partial charge is 0.344 e. The Morgan fingerprint density at radius 1 is 1.02 bits per heavy atom. The molecule has 12 heteroatoms. The average molecular weight is 617 g/mol. The zero-order chi connectivity index (χ0) is 29.1. The highest BCUT2D eigenvalue weighted by Gasteiger charge is 2.33. The van der Waals surface area contributed by atoms with Gasteiger partial charge >= 0.3 is 0 Å². The molecule has 0 saturated carbocycles. The SMILES string of the molecule is Cc1cccc(-n2c(CNC(=O)c3cccs3)nnc2SCC(=O)N2N=C(c3cccs3)CC2c2ccc(F)cc2)c1. The predicted octanol–water partition coefficient (Wildman–Crippen LogP) is 6.24. The van der Waals surface area contributed by atoms with Crippen molar-refractivity contribution >= 4 is 52.0 Å². The Morgan fingerprint density at radius 3 is 2.57 bits per heavy atom. The number of nitrogens with one attached hydrogen (secondary N) is 1. The Hall–Kier alpha value is -4.13. The summed E-state index contributed by atoms with van der Waals surface area (Å²) in [6.45, 7) is 2.16. The first-order valence-electron chi connectivity index (χ1n) is 13.1. The monoisotopic (exact) mass is 616 g/mol. The number of amides is 2. The maximum Gasteiger partial charge on any atom is 0.261 e. The summed E-state index contributed by atoms with van der Waals surface area (Å²) in [5, 5.41) is 22.2. The highest BCUT2D eigenvalue weighted by Crippen LogP contribution is 2.35. The van der Waals surface area contributed by atoms with E-state index in [0.29, 0.717) is 22.3 Å². The van der Waals surface area contributed by atoms with Gasteiger partial charge in [0.25, 0.3) is 11.8 Å². The molecule has 42 heavy (non-hydrogen) atoms. The van der Waals surface area contributed by atoms with Crippen LogP contribution in [-0.2, 0) is 11.3 Å². The fourth-order valence-electron chi connectivity index (χ4n) is 4.66. The molecule has 212 valence electrons. The Balaban J connectivity index is 1.24. The average Bonchev–Trinajstić information content (AvgIpc) is 3.81. The summed E-state index contributed by atoms with van der Waals surface area (Å²) in [4.78, 5) is 27.8. The van der Waals surface area contributed by atoms with Crippen LogP contribution in [0, 0.1) is 12.7 Å². The van der Waals surface area contributed by atoms with E-state index in [4.69, 9.17) is 5.10 Å². The van der Waals surface area contributed by atoms with Crippen LogP contribution in [-0.4, -0.2) is 43.1 Å². The number of benzene rings is 2. The fraction of sp³-hybridized carbons (Fsp3) is 0.167. The Kier molecular flexibility index (Phi) is 8.27. The van der Waals surface area contributed by atoms with E-state index in [0.717, 1.165) is 27.4 Å². The third kappa shape index (κ3) is 6.06. The van der Waals surface area contributed by atoms with Crippen molar-refractivity contribution in [1.29, 1.82) is 0 Å². The van der Waals surface area contributed by atoms with E-state index >= 15 is 0 Å². The van der Waals surface area contributed by atoms with Gasteiger partial charge in [-0.25, -0.2) is 9.40 Å². The highest BCUT2D eigenvalue weighted by molar-refractivity contribution is 7.99. The fourth-order valence-corrected chi connectivity index (χ4v) is 6.84. The number of aromatic nitrogens is 3. The lowest BCUT2D eigenvalue weighted by molar-refractivity contribution is -0.130. The molecular weight excluding hydrogens is 592 g/mol. The first kappa shape index (κ1) is 28.0. The molecule has 0 bridgehead atoms. The number of aryl methyl sites for hydroxylation is 1. The van der Waals surface area contributed by atoms with Gasteiger partial charge in [-0.05, 0) is 65.2 Å². The van der Waals surface area contributed by atoms with E-state index in [1.165, 1.54) is 40.2 Å². The lowest BCUT2D eigenvalue weighted by Crippen LogP contribution is -2.28. The first-order valence-corrected chi connectivity index (χ1v) is 15.9. The maximum absolute atomic E-state index is 13.7. The zero-order valence-electron chi connectivity index (χ0n) is 22.4. The summed E-state index contributed by atoms with van der Waals surface area (Å²) in [5.41, 5.74) is 3.52. The zero-order valence-corrected chi connectivity index (χ0v) is 24.9. The number of thioether (sulfide) groups is 1. The van der Waals surface area contributed by atoms with Crippen LogP contribution < -0.4 is 5.32 Å². The molecule has 1 aliphatic heterocycles. The minimum atomic E-state index is -0.339. The second-order valence-corrected chi connectivity index (χ2v) is 12.4. The normalized spacial score (nSPS) is 14.7. The van der Waals surface area contributed by atoms with Crippen molar-refractivity contribution in [2.45, 2.75) is 31.1 Å². The van der Waals surface area contributed by atoms with Crippen LogP contribution in [0.3, 0.4) is 0 Å². The number of carbonyl (C=O) groups excluding carboxylic acids is 2. The van der Waals surface area contributed by atoms with Crippen LogP contribution in [0.2, 0.25) is 0 Å². The molecule has 0 spiro atoms. The number of hydrogen-bond acceptors (Lipinski definition) is 8. The summed E-state index contributed by atoms with van der Waals surface area (Å²) in [6.07, 6.45) is 0.538. The van der Waals surface area contributed by atoms with Crippen LogP contribution in [0.4, 0.5) is 4.39 Å². The third-order valence-electron chi connectivity index (χ3n) is 6.66. The molecule has 1 N–H and O–H groups in total. The number of thiophene rings is 2. The number of halogens is 1. The number of hydrazone groups is 1. The van der Waals surface area contributed by atoms with Crippen molar-refractivity contribution in [2.24, 2.45) is 5.10 Å². The third-order valence-corrected chi connectivity index (χ3v) is 9.36. The molecule has 0 radical (unpaired) electrons. The van der Waals surface area contributed by atoms with Crippen LogP contribution in [0.15, 0.2) is 93.8 Å². The molecule has 6 rings (SSSR count). The lowest BCUT2D eigenvalue weighted by atomic mass is 10.0. The number of rotatable bonds is 9. The smallest absolute Gasteiger partial charge is 0.261 e. The van der Waals surface area contributed by atoms with Gasteiger partial charge in [-0.3, -0.25) is 14.2 Å². The molecule has 1 aliphatic rings. The van der Waals surface area contributed by atoms with E-state index in [2.05, 4.69) is 15.5 Å². The van der Waals surface area contributed by atoms with E-state index in [1.54, 1.807) is 29.5 Å². The minimum absolute atomic E-state index is 0.0599. The molecule has 8 nitrogen and oxygen atoms in total. The molecule has 3 aromatic heterocycles. The molecule has 0 saturated heterocycles. The van der Waals surface area contributed by atoms with Gasteiger partial charge in [0.2, 0.25) is 0 Å². The van der Waals surface area contributed by atoms with Crippen LogP contribution in [0.1, 0.15) is 44.0 Å². The van der Waals surface area contributed by atoms with E-state index in [9.17, 15) is 14.0 Å². The molecular formula is C30H25FN6O2S3. The number of nitrogens with zero attached hydrogens (tertiary/aromatic N) is 5. The van der Waals surface area contributed by atoms with Crippen LogP contribution in [0.25, 0.3) is 5.69 Å². The Bertz CT molecular complexity index is 1730. The van der Waals surface area contributed by atoms with E-state index in [-0.39, 0.29) is 36.0 Å². The number of hydrogen-bond donors (Lipinski definition) is 1. The molecule has 0 fully saturated rings. The topological polar surface area (TPSA) is 92.5 Å². The van der Waals surface area contributed by atoms with Gasteiger partial charge in [0.05, 0.1) is 33.8 Å². The molecule has 0 aliphatic carbocycles. The Labute approximate surface area is 253 Å². The van der Waals surface area contributed by atoms with Crippen LogP contribution in [0.5, 0.6) is 0 Å². The van der Waals surface area contributed by atoms with Crippen molar-refractivity contribution in [1.82, 2.24) is 25.1 Å². The van der Waals surface area contributed by atoms with Gasteiger partial charge in [-0.15, -0.1) is 32.9 Å². The Morgan fingerprint density at radius 2 is 1.83 bits per heavy atom. The second kappa shape index (κ2) is 12.4. The molecule has 2 aromatic carbocycles. The first-order chi connectivity index (χ1) is 20.5. The van der Waals surface area contributed by atoms with Gasteiger partial charge in [0.15, 0.2) is 11.0 Å². The summed E-state index contributed by atoms with van der Waals surface area (Å²) in [5.74, 6) is -0.114. The van der Waals surface area contributed by atoms with Gasteiger partial charge in [-0.1, -0.05) is 48.2 Å². The van der Waals surface area contributed by atoms with Crippen molar-refractivity contribution in [3.8, 4) is 5.69 Å². The molecule has 1 unspecified atom stereocenters. The molecule has 5 aromatic rings. The molecule has 2 amide bonds. The number of carbonyl (C=O) groups is 2.